The Balaban J connectivity index is 2.05. The Labute approximate surface area is 104 Å². The molecule has 0 radical (unpaired) electrons. The number of likely N-dealkylation sites (tertiary alicyclic amines) is 1. The number of carbonyl (C=O) groups excluding carboxylic acids is 1. The van der Waals surface area contributed by atoms with E-state index in [0.717, 1.165) is 0 Å². The lowest BCUT2D eigenvalue weighted by Gasteiger charge is -2.11. The number of nitrogens with one attached hydrogen (secondary N) is 1. The Morgan fingerprint density at radius 2 is 2.17 bits per heavy atom. The van der Waals surface area contributed by atoms with Crippen molar-refractivity contribution in [1.82, 2.24) is 10.3 Å². The van der Waals surface area contributed by atoms with Crippen LogP contribution in [0.5, 0.6) is 0 Å². The molecule has 18 heavy (non-hydrogen) atoms. The van der Waals surface area contributed by atoms with E-state index in [0.29, 0.717) is 36.7 Å². The average molecular weight is 255 g/mol. The number of rotatable bonds is 3. The van der Waals surface area contributed by atoms with Gasteiger partial charge in [-0.3, -0.25) is 15.1 Å². The van der Waals surface area contributed by atoms with Crippen molar-refractivity contribution >= 4 is 5.91 Å². The van der Waals surface area contributed by atoms with E-state index in [1.54, 1.807) is 13.0 Å². The van der Waals surface area contributed by atoms with Crippen molar-refractivity contribution in [3.63, 3.8) is 0 Å². The molecule has 0 spiro atoms. The molecule has 1 aromatic heterocycles. The topological polar surface area (TPSA) is 112 Å². The minimum absolute atomic E-state index is 0.388. The van der Waals surface area contributed by atoms with E-state index < -0.39 is 18.1 Å². The molecule has 1 aromatic rings. The molecule has 2 heterocycles. The van der Waals surface area contributed by atoms with Gasteiger partial charge in [-0.2, -0.15) is 0 Å². The normalized spacial score (nSPS) is 24.4. The number of hydrogen-bond donors (Lipinski definition) is 4. The number of nitrogens with zero attached hydrogens (tertiary/aromatic N) is 1. The number of nitrogens with two attached hydrogens (primary N) is 1. The summed E-state index contributed by atoms with van der Waals surface area (Å²) >= 11 is 0. The van der Waals surface area contributed by atoms with Crippen LogP contribution < -0.4 is 11.3 Å². The third-order valence-electron chi connectivity index (χ3n) is 3.06. The van der Waals surface area contributed by atoms with Gasteiger partial charge in [0, 0.05) is 13.1 Å². The first-order valence-corrected chi connectivity index (χ1v) is 5.70. The molecule has 0 saturated carbocycles. The van der Waals surface area contributed by atoms with Crippen LogP contribution in [-0.4, -0.2) is 46.3 Å². The standard InChI is InChI=1S/C11H17N3O4/c1-6-8(11(17)13-12)2-7(18-6)3-14-4-9(15)10(16)5-14/h2,9-10,15-16H,3-5,12H2,1H3,(H,13,17). The molecule has 2 unspecified atom stereocenters. The first kappa shape index (κ1) is 13.0. The van der Waals surface area contributed by atoms with Crippen LogP contribution in [0.15, 0.2) is 10.5 Å². The molecule has 1 aliphatic rings. The zero-order valence-electron chi connectivity index (χ0n) is 10.1. The molecular formula is C11H17N3O4. The zero-order chi connectivity index (χ0) is 13.3. The van der Waals surface area contributed by atoms with Gasteiger partial charge in [0.25, 0.3) is 5.91 Å². The Morgan fingerprint density at radius 1 is 1.56 bits per heavy atom. The lowest BCUT2D eigenvalue weighted by Crippen LogP contribution is -2.30. The molecule has 0 aliphatic carbocycles. The fraction of sp³-hybridized carbons (Fsp3) is 0.545. The number of hydrazine groups is 1. The summed E-state index contributed by atoms with van der Waals surface area (Å²) in [7, 11) is 0. The molecule has 1 aliphatic heterocycles. The average Bonchev–Trinajstić information content (AvgIpc) is 2.82. The maximum atomic E-state index is 11.4. The van der Waals surface area contributed by atoms with Crippen molar-refractivity contribution in [1.29, 1.82) is 0 Å². The van der Waals surface area contributed by atoms with Crippen LogP contribution in [0.3, 0.4) is 0 Å². The molecule has 2 atom stereocenters. The SMILES string of the molecule is Cc1oc(CN2CC(O)C(O)C2)cc1C(=O)NN. The first-order valence-electron chi connectivity index (χ1n) is 5.70. The van der Waals surface area contributed by atoms with Gasteiger partial charge in [0.2, 0.25) is 0 Å². The summed E-state index contributed by atoms with van der Waals surface area (Å²) in [6.07, 6.45) is -1.46. The van der Waals surface area contributed by atoms with E-state index in [1.165, 1.54) is 0 Å². The van der Waals surface area contributed by atoms with Crippen molar-refractivity contribution in [2.45, 2.75) is 25.7 Å². The highest BCUT2D eigenvalue weighted by molar-refractivity contribution is 5.94. The summed E-state index contributed by atoms with van der Waals surface area (Å²) in [5.74, 6) is 5.76. The van der Waals surface area contributed by atoms with Crippen molar-refractivity contribution in [2.24, 2.45) is 5.84 Å². The van der Waals surface area contributed by atoms with Crippen molar-refractivity contribution in [3.05, 3.63) is 23.2 Å². The van der Waals surface area contributed by atoms with E-state index in [4.69, 9.17) is 10.3 Å². The van der Waals surface area contributed by atoms with E-state index in [9.17, 15) is 15.0 Å². The molecule has 0 aromatic carbocycles. The lowest BCUT2D eigenvalue weighted by molar-refractivity contribution is 0.0572. The van der Waals surface area contributed by atoms with E-state index in [-0.39, 0.29) is 0 Å². The van der Waals surface area contributed by atoms with Gasteiger partial charge < -0.3 is 14.6 Å². The Hall–Kier alpha value is -1.41. The second kappa shape index (κ2) is 5.07. The second-order valence-electron chi connectivity index (χ2n) is 4.48. The van der Waals surface area contributed by atoms with Crippen LogP contribution in [0.2, 0.25) is 0 Å². The molecule has 1 amide bonds. The van der Waals surface area contributed by atoms with Crippen molar-refractivity contribution < 1.29 is 19.4 Å². The largest absolute Gasteiger partial charge is 0.464 e. The summed E-state index contributed by atoms with van der Waals surface area (Å²) in [5.41, 5.74) is 2.45. The Morgan fingerprint density at radius 3 is 2.72 bits per heavy atom. The van der Waals surface area contributed by atoms with E-state index in [1.807, 2.05) is 4.90 Å². The number of furan rings is 1. The molecule has 1 fully saturated rings. The van der Waals surface area contributed by atoms with E-state index in [2.05, 4.69) is 5.43 Å². The third-order valence-corrected chi connectivity index (χ3v) is 3.06. The van der Waals surface area contributed by atoms with Crippen molar-refractivity contribution in [3.8, 4) is 0 Å². The number of β-amino-alcohol motifs (C(OH)–C–C–N with tert-alkyl or cyclic N) is 2. The van der Waals surface area contributed by atoms with Crippen LogP contribution >= 0.6 is 0 Å². The summed E-state index contributed by atoms with van der Waals surface area (Å²) in [4.78, 5) is 13.3. The fourth-order valence-electron chi connectivity index (χ4n) is 2.12. The number of amides is 1. The van der Waals surface area contributed by atoms with Crippen molar-refractivity contribution in [2.75, 3.05) is 13.1 Å². The summed E-state index contributed by atoms with van der Waals surface area (Å²) in [5, 5.41) is 18.9. The number of aliphatic hydroxyl groups excluding tert-OH is 2. The summed E-state index contributed by atoms with van der Waals surface area (Å²) < 4.78 is 5.45. The van der Waals surface area contributed by atoms with Gasteiger partial charge >= 0.3 is 0 Å². The zero-order valence-corrected chi connectivity index (χ0v) is 10.1. The number of aliphatic hydroxyl groups is 2. The predicted octanol–water partition coefficient (Wildman–Crippen LogP) is -1.27. The van der Waals surface area contributed by atoms with Gasteiger partial charge in [-0.05, 0) is 13.0 Å². The molecule has 100 valence electrons. The molecule has 5 N–H and O–H groups in total. The molecule has 2 rings (SSSR count). The van der Waals surface area contributed by atoms with Gasteiger partial charge in [-0.1, -0.05) is 0 Å². The number of nitrogen functional groups attached to an aromatic ring is 1. The van der Waals surface area contributed by atoms with Gasteiger partial charge in [0.15, 0.2) is 0 Å². The Kier molecular flexibility index (Phi) is 3.67. The highest BCUT2D eigenvalue weighted by Crippen LogP contribution is 2.19. The van der Waals surface area contributed by atoms with Crippen LogP contribution in [0, 0.1) is 6.92 Å². The highest BCUT2D eigenvalue weighted by Gasteiger charge is 2.30. The predicted molar refractivity (Wildman–Crippen MR) is 62.4 cm³/mol. The fourth-order valence-corrected chi connectivity index (χ4v) is 2.12. The monoisotopic (exact) mass is 255 g/mol. The molecule has 7 heteroatoms. The molecular weight excluding hydrogens is 238 g/mol. The lowest BCUT2D eigenvalue weighted by atomic mass is 10.2. The quantitative estimate of drug-likeness (QED) is 0.304. The molecule has 0 bridgehead atoms. The maximum absolute atomic E-state index is 11.4. The third kappa shape index (κ3) is 2.54. The van der Waals surface area contributed by atoms with Crippen LogP contribution in [0.4, 0.5) is 0 Å². The molecule has 7 nitrogen and oxygen atoms in total. The van der Waals surface area contributed by atoms with Gasteiger partial charge in [0.05, 0.1) is 24.3 Å². The van der Waals surface area contributed by atoms with Gasteiger partial charge in [-0.15, -0.1) is 0 Å². The number of aryl methyl sites for hydroxylation is 1. The van der Waals surface area contributed by atoms with Gasteiger partial charge in [-0.25, -0.2) is 5.84 Å². The minimum Gasteiger partial charge on any atom is -0.464 e. The number of hydrogen-bond acceptors (Lipinski definition) is 6. The van der Waals surface area contributed by atoms with Crippen LogP contribution in [0.25, 0.3) is 0 Å². The number of carbonyl (C=O) groups is 1. The smallest absolute Gasteiger partial charge is 0.268 e. The van der Waals surface area contributed by atoms with Crippen LogP contribution in [-0.2, 0) is 6.54 Å². The highest BCUT2D eigenvalue weighted by atomic mass is 16.3. The maximum Gasteiger partial charge on any atom is 0.268 e. The van der Waals surface area contributed by atoms with E-state index >= 15 is 0 Å². The molecule has 1 saturated heterocycles. The minimum atomic E-state index is -0.729. The van der Waals surface area contributed by atoms with Crippen LogP contribution in [0.1, 0.15) is 21.9 Å². The second-order valence-corrected chi connectivity index (χ2v) is 4.48. The summed E-state index contributed by atoms with van der Waals surface area (Å²) in [6.45, 7) is 2.90. The first-order chi connectivity index (χ1) is 8.51. The Bertz CT molecular complexity index is 435. The van der Waals surface area contributed by atoms with Gasteiger partial charge in [0.1, 0.15) is 11.5 Å². The summed E-state index contributed by atoms with van der Waals surface area (Å²) in [6, 6.07) is 1.62.